The van der Waals surface area contributed by atoms with Crippen LogP contribution in [0.2, 0.25) is 0 Å². The van der Waals surface area contributed by atoms with Gasteiger partial charge in [-0.1, -0.05) is 18.2 Å². The molecule has 0 radical (unpaired) electrons. The molecule has 0 aliphatic carbocycles. The van der Waals surface area contributed by atoms with E-state index in [0.29, 0.717) is 19.5 Å². The molecule has 1 amide bonds. The van der Waals surface area contributed by atoms with Crippen molar-refractivity contribution in [1.82, 2.24) is 14.9 Å². The van der Waals surface area contributed by atoms with Crippen molar-refractivity contribution in [2.45, 2.75) is 26.4 Å². The SMILES string of the molecule is Cc1cc2c(cn1)CN(C(=O)Cc1c[nH]c3ccccc13)C2. The maximum Gasteiger partial charge on any atom is 0.227 e. The molecule has 0 unspecified atom stereocenters. The Kier molecular flexibility index (Phi) is 2.96. The minimum Gasteiger partial charge on any atom is -0.361 e. The van der Waals surface area contributed by atoms with Gasteiger partial charge in [0.05, 0.1) is 6.42 Å². The molecule has 0 spiro atoms. The van der Waals surface area contributed by atoms with Crippen LogP contribution >= 0.6 is 0 Å². The van der Waals surface area contributed by atoms with E-state index in [4.69, 9.17) is 0 Å². The molecule has 1 aliphatic rings. The fourth-order valence-electron chi connectivity index (χ4n) is 3.13. The lowest BCUT2D eigenvalue weighted by atomic mass is 10.1. The summed E-state index contributed by atoms with van der Waals surface area (Å²) >= 11 is 0. The van der Waals surface area contributed by atoms with Crippen LogP contribution in [0.1, 0.15) is 22.4 Å². The molecule has 1 aliphatic heterocycles. The van der Waals surface area contributed by atoms with E-state index in [1.165, 1.54) is 5.56 Å². The Morgan fingerprint density at radius 3 is 3.00 bits per heavy atom. The van der Waals surface area contributed by atoms with Gasteiger partial charge in [-0.25, -0.2) is 0 Å². The van der Waals surface area contributed by atoms with Gasteiger partial charge in [-0.3, -0.25) is 9.78 Å². The van der Waals surface area contributed by atoms with Crippen molar-refractivity contribution in [3.05, 3.63) is 65.1 Å². The van der Waals surface area contributed by atoms with E-state index >= 15 is 0 Å². The average molecular weight is 291 g/mol. The Balaban J connectivity index is 1.54. The number of benzene rings is 1. The maximum absolute atomic E-state index is 12.6. The fourth-order valence-corrected chi connectivity index (χ4v) is 3.13. The summed E-state index contributed by atoms with van der Waals surface area (Å²) in [6.07, 6.45) is 4.27. The summed E-state index contributed by atoms with van der Waals surface area (Å²) in [7, 11) is 0. The molecule has 1 N–H and O–H groups in total. The zero-order valence-corrected chi connectivity index (χ0v) is 12.5. The third-order valence-corrected chi connectivity index (χ3v) is 4.31. The number of amides is 1. The van der Waals surface area contributed by atoms with Crippen LogP contribution in [-0.2, 0) is 24.3 Å². The van der Waals surface area contributed by atoms with Crippen LogP contribution in [-0.4, -0.2) is 20.8 Å². The predicted octanol–water partition coefficient (Wildman–Crippen LogP) is 2.96. The number of hydrogen-bond acceptors (Lipinski definition) is 2. The number of fused-ring (bicyclic) bond motifs is 2. The molecule has 3 heterocycles. The van der Waals surface area contributed by atoms with Crippen LogP contribution in [0.4, 0.5) is 0 Å². The normalized spacial score (nSPS) is 13.6. The minimum atomic E-state index is 0.165. The number of carbonyl (C=O) groups is 1. The van der Waals surface area contributed by atoms with Gasteiger partial charge in [0.1, 0.15) is 0 Å². The Hall–Kier alpha value is -2.62. The smallest absolute Gasteiger partial charge is 0.227 e. The third-order valence-electron chi connectivity index (χ3n) is 4.31. The van der Waals surface area contributed by atoms with Crippen molar-refractivity contribution in [2.75, 3.05) is 0 Å². The van der Waals surface area contributed by atoms with Crippen LogP contribution in [0.25, 0.3) is 10.9 Å². The standard InChI is InChI=1S/C18H17N3O/c1-12-6-14-10-21(11-15(14)9-19-12)18(22)7-13-8-20-17-5-3-2-4-16(13)17/h2-6,8-9,20H,7,10-11H2,1H3. The van der Waals surface area contributed by atoms with Crippen LogP contribution in [0.5, 0.6) is 0 Å². The monoisotopic (exact) mass is 291 g/mol. The van der Waals surface area contributed by atoms with Gasteiger partial charge in [0.25, 0.3) is 0 Å². The zero-order valence-electron chi connectivity index (χ0n) is 12.5. The molecule has 4 nitrogen and oxygen atoms in total. The van der Waals surface area contributed by atoms with Crippen molar-refractivity contribution < 1.29 is 4.79 Å². The highest BCUT2D eigenvalue weighted by Gasteiger charge is 2.24. The summed E-state index contributed by atoms with van der Waals surface area (Å²) in [5.41, 5.74) is 5.53. The summed E-state index contributed by atoms with van der Waals surface area (Å²) < 4.78 is 0. The zero-order chi connectivity index (χ0) is 15.1. The van der Waals surface area contributed by atoms with Crippen LogP contribution in [0.15, 0.2) is 42.7 Å². The molecule has 0 saturated heterocycles. The summed E-state index contributed by atoms with van der Waals surface area (Å²) in [4.78, 5) is 22.1. The fraction of sp³-hybridized carbons (Fsp3) is 0.222. The molecule has 0 atom stereocenters. The lowest BCUT2D eigenvalue weighted by molar-refractivity contribution is -0.131. The quantitative estimate of drug-likeness (QED) is 0.789. The molecule has 110 valence electrons. The number of H-pyrrole nitrogens is 1. The number of nitrogens with zero attached hydrogens (tertiary/aromatic N) is 2. The first-order chi connectivity index (χ1) is 10.7. The first-order valence-electron chi connectivity index (χ1n) is 7.48. The molecule has 4 rings (SSSR count). The second-order valence-corrected chi connectivity index (χ2v) is 5.88. The van der Waals surface area contributed by atoms with E-state index in [0.717, 1.165) is 27.7 Å². The number of aryl methyl sites for hydroxylation is 1. The summed E-state index contributed by atoms with van der Waals surface area (Å²) in [5, 5.41) is 1.13. The molecular formula is C18H17N3O. The average Bonchev–Trinajstić information content (AvgIpc) is 3.11. The first-order valence-corrected chi connectivity index (χ1v) is 7.48. The van der Waals surface area contributed by atoms with Gasteiger partial charge in [-0.2, -0.15) is 0 Å². The van der Waals surface area contributed by atoms with Crippen LogP contribution < -0.4 is 0 Å². The highest BCUT2D eigenvalue weighted by molar-refractivity contribution is 5.89. The van der Waals surface area contributed by atoms with Gasteiger partial charge < -0.3 is 9.88 Å². The predicted molar refractivity (Wildman–Crippen MR) is 85.2 cm³/mol. The number of carbonyl (C=O) groups excluding carboxylic acids is 1. The van der Waals surface area contributed by atoms with E-state index in [9.17, 15) is 4.79 Å². The van der Waals surface area contributed by atoms with Gasteiger partial charge in [0.15, 0.2) is 0 Å². The highest BCUT2D eigenvalue weighted by atomic mass is 16.2. The Morgan fingerprint density at radius 1 is 1.27 bits per heavy atom. The molecule has 0 saturated carbocycles. The number of aromatic amines is 1. The number of pyridine rings is 1. The molecule has 2 aromatic heterocycles. The summed E-state index contributed by atoms with van der Waals surface area (Å²) in [5.74, 6) is 0.165. The van der Waals surface area contributed by atoms with Gasteiger partial charge in [0, 0.05) is 42.1 Å². The molecule has 0 bridgehead atoms. The van der Waals surface area contributed by atoms with Gasteiger partial charge in [-0.05, 0) is 35.7 Å². The Bertz CT molecular complexity index is 866. The summed E-state index contributed by atoms with van der Waals surface area (Å²) in [6, 6.07) is 10.2. The number of para-hydroxylation sites is 1. The Labute approximate surface area is 128 Å². The van der Waals surface area contributed by atoms with Crippen molar-refractivity contribution in [2.24, 2.45) is 0 Å². The Morgan fingerprint density at radius 2 is 2.09 bits per heavy atom. The van der Waals surface area contributed by atoms with E-state index in [-0.39, 0.29) is 5.91 Å². The van der Waals surface area contributed by atoms with Gasteiger partial charge >= 0.3 is 0 Å². The third kappa shape index (κ3) is 2.17. The lowest BCUT2D eigenvalue weighted by Gasteiger charge is -2.15. The van der Waals surface area contributed by atoms with Crippen molar-refractivity contribution in [3.8, 4) is 0 Å². The van der Waals surface area contributed by atoms with E-state index in [1.54, 1.807) is 0 Å². The van der Waals surface area contributed by atoms with Crippen molar-refractivity contribution in [1.29, 1.82) is 0 Å². The molecule has 22 heavy (non-hydrogen) atoms. The number of nitrogens with one attached hydrogen (secondary N) is 1. The summed E-state index contributed by atoms with van der Waals surface area (Å²) in [6.45, 7) is 3.35. The van der Waals surface area contributed by atoms with Crippen LogP contribution in [0.3, 0.4) is 0 Å². The molecule has 3 aromatic rings. The van der Waals surface area contributed by atoms with Crippen molar-refractivity contribution in [3.63, 3.8) is 0 Å². The van der Waals surface area contributed by atoms with Gasteiger partial charge in [-0.15, -0.1) is 0 Å². The largest absolute Gasteiger partial charge is 0.361 e. The molecule has 0 fully saturated rings. The maximum atomic E-state index is 12.6. The second kappa shape index (κ2) is 4.98. The molecule has 1 aromatic carbocycles. The first kappa shape index (κ1) is 13.1. The number of rotatable bonds is 2. The molecular weight excluding hydrogens is 274 g/mol. The van der Waals surface area contributed by atoms with Gasteiger partial charge in [0.2, 0.25) is 5.91 Å². The van der Waals surface area contributed by atoms with E-state index in [2.05, 4.69) is 22.1 Å². The topological polar surface area (TPSA) is 49.0 Å². The second-order valence-electron chi connectivity index (χ2n) is 5.88. The highest BCUT2D eigenvalue weighted by Crippen LogP contribution is 2.24. The number of hydrogen-bond donors (Lipinski definition) is 1. The lowest BCUT2D eigenvalue weighted by Crippen LogP contribution is -2.26. The molecule has 4 heteroatoms. The van der Waals surface area contributed by atoms with E-state index in [1.807, 2.05) is 42.4 Å². The minimum absolute atomic E-state index is 0.165. The van der Waals surface area contributed by atoms with Crippen molar-refractivity contribution >= 4 is 16.8 Å². The van der Waals surface area contributed by atoms with Crippen LogP contribution in [0, 0.1) is 6.92 Å². The number of aromatic nitrogens is 2. The van der Waals surface area contributed by atoms with E-state index < -0.39 is 0 Å².